The average Bonchev–Trinajstić information content (AvgIpc) is 2.84. The lowest BCUT2D eigenvalue weighted by Gasteiger charge is -2.14. The Balaban J connectivity index is 1.97. The molecule has 3 nitrogen and oxygen atoms in total. The van der Waals surface area contributed by atoms with Gasteiger partial charge in [0.15, 0.2) is 4.32 Å². The van der Waals surface area contributed by atoms with Crippen molar-refractivity contribution in [2.24, 2.45) is 0 Å². The summed E-state index contributed by atoms with van der Waals surface area (Å²) in [5.41, 5.74) is 1.49. The summed E-state index contributed by atoms with van der Waals surface area (Å²) in [5.74, 6) is 0.554. The number of thiocarbonyl (C=S) groups is 1. The third-order valence-corrected chi connectivity index (χ3v) is 5.45. The van der Waals surface area contributed by atoms with Gasteiger partial charge in [0, 0.05) is 15.1 Å². The first kappa shape index (κ1) is 18.5. The molecule has 0 unspecified atom stereocenters. The van der Waals surface area contributed by atoms with E-state index in [0.717, 1.165) is 15.8 Å². The molecule has 1 heterocycles. The summed E-state index contributed by atoms with van der Waals surface area (Å²) in [5, 5.41) is 0.557. The summed E-state index contributed by atoms with van der Waals surface area (Å²) in [6.45, 7) is 2.47. The number of hydrogen-bond acceptors (Lipinski definition) is 4. The van der Waals surface area contributed by atoms with Crippen molar-refractivity contribution in [2.75, 3.05) is 11.5 Å². The molecule has 0 N–H and O–H groups in total. The van der Waals surface area contributed by atoms with Crippen molar-refractivity contribution in [3.8, 4) is 5.75 Å². The zero-order valence-electron chi connectivity index (χ0n) is 13.2. The van der Waals surface area contributed by atoms with Crippen LogP contribution in [0, 0.1) is 0 Å². The first-order valence-electron chi connectivity index (χ1n) is 7.45. The predicted octanol–water partition coefficient (Wildman–Crippen LogP) is 5.91. The third-order valence-electron chi connectivity index (χ3n) is 3.42. The van der Waals surface area contributed by atoms with Gasteiger partial charge in [-0.3, -0.25) is 9.69 Å². The number of halogens is 2. The standard InChI is InChI=1S/C18H13BrClNO2S2/c1-2-23-15-7-6-12(19)8-11(15)9-16-17(22)21(18(24)25-16)14-5-3-4-13(20)10-14/h3-10H,2H2,1H3/b16-9-. The number of benzene rings is 2. The van der Waals surface area contributed by atoms with Crippen LogP contribution in [0.1, 0.15) is 12.5 Å². The van der Waals surface area contributed by atoms with Gasteiger partial charge in [0.1, 0.15) is 5.75 Å². The monoisotopic (exact) mass is 453 g/mol. The second-order valence-corrected chi connectivity index (χ2v) is 8.14. The first-order valence-corrected chi connectivity index (χ1v) is 9.85. The molecule has 7 heteroatoms. The molecule has 1 fully saturated rings. The summed E-state index contributed by atoms with van der Waals surface area (Å²) in [6.07, 6.45) is 1.81. The fourth-order valence-corrected chi connectivity index (χ4v) is 4.22. The average molecular weight is 455 g/mol. The molecule has 0 aliphatic carbocycles. The lowest BCUT2D eigenvalue weighted by Crippen LogP contribution is -2.27. The maximum Gasteiger partial charge on any atom is 0.270 e. The van der Waals surface area contributed by atoms with Crippen molar-refractivity contribution in [1.29, 1.82) is 0 Å². The van der Waals surface area contributed by atoms with Crippen molar-refractivity contribution in [1.82, 2.24) is 0 Å². The highest BCUT2D eigenvalue weighted by molar-refractivity contribution is 9.10. The van der Waals surface area contributed by atoms with Crippen molar-refractivity contribution < 1.29 is 9.53 Å². The van der Waals surface area contributed by atoms with Crippen LogP contribution < -0.4 is 9.64 Å². The summed E-state index contributed by atoms with van der Waals surface area (Å²) in [7, 11) is 0. The molecule has 0 spiro atoms. The van der Waals surface area contributed by atoms with E-state index < -0.39 is 0 Å². The zero-order chi connectivity index (χ0) is 18.0. The number of carbonyl (C=O) groups excluding carboxylic acids is 1. The Morgan fingerprint density at radius 3 is 2.84 bits per heavy atom. The summed E-state index contributed by atoms with van der Waals surface area (Å²) in [4.78, 5) is 14.9. The van der Waals surface area contributed by atoms with Crippen LogP contribution in [0.3, 0.4) is 0 Å². The minimum Gasteiger partial charge on any atom is -0.493 e. The smallest absolute Gasteiger partial charge is 0.270 e. The molecule has 2 aromatic carbocycles. The highest BCUT2D eigenvalue weighted by atomic mass is 79.9. The molecule has 1 aliphatic heterocycles. The molecule has 25 heavy (non-hydrogen) atoms. The fourth-order valence-electron chi connectivity index (χ4n) is 2.37. The van der Waals surface area contributed by atoms with Gasteiger partial charge in [-0.2, -0.15) is 0 Å². The largest absolute Gasteiger partial charge is 0.493 e. The number of ether oxygens (including phenoxy) is 1. The Hall–Kier alpha value is -1.34. The third kappa shape index (κ3) is 4.08. The second kappa shape index (κ2) is 7.91. The minimum absolute atomic E-state index is 0.167. The van der Waals surface area contributed by atoms with Crippen LogP contribution in [0.2, 0.25) is 5.02 Å². The maximum atomic E-state index is 12.8. The van der Waals surface area contributed by atoms with Crippen LogP contribution in [0.15, 0.2) is 51.8 Å². The van der Waals surface area contributed by atoms with Gasteiger partial charge in [0.2, 0.25) is 0 Å². The van der Waals surface area contributed by atoms with Gasteiger partial charge in [-0.05, 0) is 49.4 Å². The Kier molecular flexibility index (Phi) is 5.84. The van der Waals surface area contributed by atoms with Crippen molar-refractivity contribution in [3.05, 3.63) is 62.4 Å². The molecule has 1 amide bonds. The maximum absolute atomic E-state index is 12.8. The normalized spacial score (nSPS) is 16.0. The quantitative estimate of drug-likeness (QED) is 0.424. The molecular formula is C18H13BrClNO2S2. The number of anilines is 1. The van der Waals surface area contributed by atoms with E-state index in [1.54, 1.807) is 24.3 Å². The summed E-state index contributed by atoms with van der Waals surface area (Å²) >= 11 is 16.1. The lowest BCUT2D eigenvalue weighted by molar-refractivity contribution is -0.113. The van der Waals surface area contributed by atoms with Gasteiger partial charge in [-0.15, -0.1) is 0 Å². The van der Waals surface area contributed by atoms with Crippen LogP contribution in [0.25, 0.3) is 6.08 Å². The van der Waals surface area contributed by atoms with Gasteiger partial charge >= 0.3 is 0 Å². The van der Waals surface area contributed by atoms with Crippen molar-refractivity contribution >= 4 is 73.5 Å². The number of carbonyl (C=O) groups is 1. The molecule has 0 aromatic heterocycles. The molecule has 0 atom stereocenters. The lowest BCUT2D eigenvalue weighted by atomic mass is 10.2. The second-order valence-electron chi connectivity index (χ2n) is 5.11. The van der Waals surface area contributed by atoms with Gasteiger partial charge in [0.05, 0.1) is 17.2 Å². The Bertz CT molecular complexity index is 885. The Morgan fingerprint density at radius 1 is 1.32 bits per heavy atom. The van der Waals surface area contributed by atoms with Crippen LogP contribution in [-0.4, -0.2) is 16.8 Å². The van der Waals surface area contributed by atoms with E-state index in [-0.39, 0.29) is 5.91 Å². The molecular weight excluding hydrogens is 442 g/mol. The molecule has 3 rings (SSSR count). The van der Waals surface area contributed by atoms with Crippen LogP contribution in [-0.2, 0) is 4.79 Å². The number of rotatable bonds is 4. The van der Waals surface area contributed by atoms with Gasteiger partial charge in [-0.25, -0.2) is 0 Å². The van der Waals surface area contributed by atoms with Crippen LogP contribution in [0.5, 0.6) is 5.75 Å². The minimum atomic E-state index is -0.167. The van der Waals surface area contributed by atoms with E-state index in [4.69, 9.17) is 28.6 Å². The molecule has 2 aromatic rings. The Morgan fingerprint density at radius 2 is 2.12 bits per heavy atom. The van der Waals surface area contributed by atoms with Gasteiger partial charge < -0.3 is 4.74 Å². The van der Waals surface area contributed by atoms with Crippen LogP contribution in [0.4, 0.5) is 5.69 Å². The molecule has 1 aliphatic rings. The highest BCUT2D eigenvalue weighted by Crippen LogP contribution is 2.38. The molecule has 128 valence electrons. The number of hydrogen-bond donors (Lipinski definition) is 0. The van der Waals surface area contributed by atoms with E-state index in [2.05, 4.69) is 15.9 Å². The summed E-state index contributed by atoms with van der Waals surface area (Å²) in [6, 6.07) is 12.8. The van der Waals surface area contributed by atoms with E-state index in [1.165, 1.54) is 16.7 Å². The van der Waals surface area contributed by atoms with Gasteiger partial charge in [0.25, 0.3) is 5.91 Å². The first-order chi connectivity index (χ1) is 12.0. The van der Waals surface area contributed by atoms with E-state index >= 15 is 0 Å². The topological polar surface area (TPSA) is 29.5 Å². The van der Waals surface area contributed by atoms with E-state index in [9.17, 15) is 4.79 Å². The Labute approximate surface area is 169 Å². The van der Waals surface area contributed by atoms with Gasteiger partial charge in [-0.1, -0.05) is 57.6 Å². The number of thioether (sulfide) groups is 1. The van der Waals surface area contributed by atoms with E-state index in [1.807, 2.05) is 31.2 Å². The van der Waals surface area contributed by atoms with Crippen molar-refractivity contribution in [2.45, 2.75) is 6.92 Å². The summed E-state index contributed by atoms with van der Waals surface area (Å²) < 4.78 is 7.03. The predicted molar refractivity (Wildman–Crippen MR) is 112 cm³/mol. The fraction of sp³-hybridized carbons (Fsp3) is 0.111. The number of nitrogens with zero attached hydrogens (tertiary/aromatic N) is 1. The van der Waals surface area contributed by atoms with E-state index in [0.29, 0.717) is 26.5 Å². The number of amides is 1. The zero-order valence-corrected chi connectivity index (χ0v) is 17.1. The molecule has 0 radical (unpaired) electrons. The molecule has 0 bridgehead atoms. The van der Waals surface area contributed by atoms with Crippen molar-refractivity contribution in [3.63, 3.8) is 0 Å². The van der Waals surface area contributed by atoms with Crippen LogP contribution >= 0.6 is 51.5 Å². The highest BCUT2D eigenvalue weighted by Gasteiger charge is 2.33. The SMILES string of the molecule is CCOc1ccc(Br)cc1/C=C1\SC(=S)N(c2cccc(Cl)c2)C1=O. The molecule has 1 saturated heterocycles. The molecule has 0 saturated carbocycles.